The number of amides is 1. The van der Waals surface area contributed by atoms with Gasteiger partial charge in [0.05, 0.1) is 6.04 Å². The second kappa shape index (κ2) is 12.7. The fourth-order valence-electron chi connectivity index (χ4n) is 5.90. The third-order valence-corrected chi connectivity index (χ3v) is 8.22. The quantitative estimate of drug-likeness (QED) is 0.377. The monoisotopic (exact) mass is 539 g/mol. The lowest BCUT2D eigenvalue weighted by atomic mass is 9.83. The van der Waals surface area contributed by atoms with Gasteiger partial charge >= 0.3 is 0 Å². The standard InChI is InChI=1S/C34H41N3O3/c1-3-31(38)29(22-25-16-18-27(19-17-25)40-23-26-12-6-4-7-13-26)35-33(39)32-28-14-8-9-15-30(28)37(36-32)24-34(2)20-10-5-11-21-34/h4-7,10-13,16-20,29,32,36H,3,8-9,14-15,21-24H2,1-2H3,(H,35,39). The van der Waals surface area contributed by atoms with Gasteiger partial charge in [0.15, 0.2) is 5.78 Å². The number of nitrogens with one attached hydrogen (secondary N) is 2. The molecule has 5 rings (SSSR count). The van der Waals surface area contributed by atoms with Gasteiger partial charge in [-0.1, -0.05) is 80.6 Å². The molecule has 2 aromatic rings. The number of hydrogen-bond donors (Lipinski definition) is 2. The molecule has 3 unspecified atom stereocenters. The Labute approximate surface area is 238 Å². The zero-order valence-corrected chi connectivity index (χ0v) is 23.7. The Morgan fingerprint density at radius 1 is 1.05 bits per heavy atom. The molecule has 6 heteroatoms. The number of carbonyl (C=O) groups excluding carboxylic acids is 2. The molecule has 0 bridgehead atoms. The molecular weight excluding hydrogens is 498 g/mol. The van der Waals surface area contributed by atoms with E-state index in [1.165, 1.54) is 11.3 Å². The summed E-state index contributed by atoms with van der Waals surface area (Å²) in [5.41, 5.74) is 8.09. The van der Waals surface area contributed by atoms with Crippen molar-refractivity contribution in [3.8, 4) is 5.75 Å². The lowest BCUT2D eigenvalue weighted by molar-refractivity contribution is -0.128. The number of Topliss-reactive ketones (excluding diaryl/α,β-unsaturated/α-hetero) is 1. The first-order chi connectivity index (χ1) is 19.4. The van der Waals surface area contributed by atoms with Crippen LogP contribution in [0.3, 0.4) is 0 Å². The number of ketones is 1. The van der Waals surface area contributed by atoms with Gasteiger partial charge in [-0.2, -0.15) is 0 Å². The highest BCUT2D eigenvalue weighted by molar-refractivity contribution is 5.92. The smallest absolute Gasteiger partial charge is 0.243 e. The number of rotatable bonds is 11. The Morgan fingerprint density at radius 3 is 2.55 bits per heavy atom. The van der Waals surface area contributed by atoms with Crippen LogP contribution in [0.4, 0.5) is 0 Å². The Morgan fingerprint density at radius 2 is 1.82 bits per heavy atom. The van der Waals surface area contributed by atoms with Gasteiger partial charge < -0.3 is 15.1 Å². The summed E-state index contributed by atoms with van der Waals surface area (Å²) in [7, 11) is 0. The molecule has 3 atom stereocenters. The molecule has 6 nitrogen and oxygen atoms in total. The second-order valence-corrected chi connectivity index (χ2v) is 11.5. The van der Waals surface area contributed by atoms with Gasteiger partial charge in [-0.25, -0.2) is 5.43 Å². The molecule has 0 spiro atoms. The van der Waals surface area contributed by atoms with Crippen molar-refractivity contribution in [3.63, 3.8) is 0 Å². The maximum Gasteiger partial charge on any atom is 0.243 e. The number of allylic oxidation sites excluding steroid dienone is 4. The first-order valence-corrected chi connectivity index (χ1v) is 14.6. The molecule has 0 fully saturated rings. The molecular formula is C34H41N3O3. The van der Waals surface area contributed by atoms with Crippen molar-refractivity contribution in [2.45, 2.75) is 77.5 Å². The van der Waals surface area contributed by atoms with Crippen LogP contribution in [0, 0.1) is 5.41 Å². The Balaban J connectivity index is 1.23. The van der Waals surface area contributed by atoms with E-state index < -0.39 is 12.1 Å². The maximum absolute atomic E-state index is 13.7. The zero-order chi connectivity index (χ0) is 28.0. The van der Waals surface area contributed by atoms with Crippen molar-refractivity contribution in [2.24, 2.45) is 5.41 Å². The minimum atomic E-state index is -0.569. The van der Waals surface area contributed by atoms with Crippen molar-refractivity contribution in [2.75, 3.05) is 6.54 Å². The van der Waals surface area contributed by atoms with E-state index in [4.69, 9.17) is 4.74 Å². The van der Waals surface area contributed by atoms with E-state index in [0.717, 1.165) is 55.5 Å². The van der Waals surface area contributed by atoms with Gasteiger partial charge in [0, 0.05) is 24.1 Å². The molecule has 1 heterocycles. The van der Waals surface area contributed by atoms with Crippen LogP contribution in [0.25, 0.3) is 0 Å². The van der Waals surface area contributed by atoms with Gasteiger partial charge in [-0.3, -0.25) is 9.59 Å². The van der Waals surface area contributed by atoms with E-state index >= 15 is 0 Å². The molecule has 2 aromatic carbocycles. The molecule has 2 N–H and O–H groups in total. The minimum Gasteiger partial charge on any atom is -0.489 e. The third kappa shape index (κ3) is 6.73. The Bertz CT molecular complexity index is 1280. The molecule has 0 saturated heterocycles. The molecule has 3 aliphatic rings. The van der Waals surface area contributed by atoms with Gasteiger partial charge in [0.2, 0.25) is 5.91 Å². The highest BCUT2D eigenvalue weighted by Crippen LogP contribution is 2.37. The van der Waals surface area contributed by atoms with Crippen LogP contribution >= 0.6 is 0 Å². The topological polar surface area (TPSA) is 70.7 Å². The van der Waals surface area contributed by atoms with E-state index in [1.54, 1.807) is 0 Å². The van der Waals surface area contributed by atoms with Gasteiger partial charge in [-0.15, -0.1) is 0 Å². The summed E-state index contributed by atoms with van der Waals surface area (Å²) in [6.45, 7) is 5.43. The molecule has 1 aliphatic heterocycles. The van der Waals surface area contributed by atoms with E-state index in [9.17, 15) is 9.59 Å². The summed E-state index contributed by atoms with van der Waals surface area (Å²) in [6.07, 6.45) is 14.6. The summed E-state index contributed by atoms with van der Waals surface area (Å²) in [6, 6.07) is 16.9. The van der Waals surface area contributed by atoms with Crippen molar-refractivity contribution < 1.29 is 14.3 Å². The summed E-state index contributed by atoms with van der Waals surface area (Å²) < 4.78 is 5.91. The lowest BCUT2D eigenvalue weighted by Crippen LogP contribution is -2.53. The minimum absolute atomic E-state index is 0.0142. The largest absolute Gasteiger partial charge is 0.489 e. The first kappa shape index (κ1) is 27.9. The summed E-state index contributed by atoms with van der Waals surface area (Å²) in [5.74, 6) is 0.701. The average Bonchev–Trinajstić information content (AvgIpc) is 3.34. The zero-order valence-electron chi connectivity index (χ0n) is 23.7. The van der Waals surface area contributed by atoms with Crippen LogP contribution in [0.2, 0.25) is 0 Å². The molecule has 0 radical (unpaired) electrons. The highest BCUT2D eigenvalue weighted by atomic mass is 16.5. The fraction of sp³-hybridized carbons (Fsp3) is 0.412. The van der Waals surface area contributed by atoms with Crippen molar-refractivity contribution in [1.82, 2.24) is 15.8 Å². The molecule has 2 aliphatic carbocycles. The lowest BCUT2D eigenvalue weighted by Gasteiger charge is -2.35. The van der Waals surface area contributed by atoms with Crippen LogP contribution in [-0.4, -0.2) is 35.3 Å². The molecule has 0 saturated carbocycles. The Hall–Kier alpha value is -3.64. The van der Waals surface area contributed by atoms with Crippen LogP contribution in [-0.2, 0) is 22.6 Å². The first-order valence-electron chi connectivity index (χ1n) is 14.6. The number of hydrazine groups is 1. The predicted octanol–water partition coefficient (Wildman–Crippen LogP) is 5.81. The molecule has 1 amide bonds. The van der Waals surface area contributed by atoms with Gasteiger partial charge in [0.25, 0.3) is 0 Å². The van der Waals surface area contributed by atoms with Crippen LogP contribution in [0.15, 0.2) is 90.2 Å². The van der Waals surface area contributed by atoms with Crippen LogP contribution in [0.1, 0.15) is 63.5 Å². The number of ether oxygens (including phenoxy) is 1. The van der Waals surface area contributed by atoms with Crippen LogP contribution < -0.4 is 15.5 Å². The normalized spacial score (nSPS) is 22.6. The second-order valence-electron chi connectivity index (χ2n) is 11.5. The van der Waals surface area contributed by atoms with Crippen molar-refractivity contribution >= 4 is 11.7 Å². The summed E-state index contributed by atoms with van der Waals surface area (Å²) in [4.78, 5) is 26.6. The maximum atomic E-state index is 13.7. The van der Waals surface area contributed by atoms with Gasteiger partial charge in [0.1, 0.15) is 18.4 Å². The SMILES string of the molecule is CCC(=O)C(Cc1ccc(OCc2ccccc2)cc1)NC(=O)C1NN(CC2(C)C=CC=CC2)C2=C1CCCC2. The number of benzene rings is 2. The summed E-state index contributed by atoms with van der Waals surface area (Å²) in [5, 5.41) is 5.33. The van der Waals surface area contributed by atoms with E-state index in [0.29, 0.717) is 19.4 Å². The fourth-order valence-corrected chi connectivity index (χ4v) is 5.90. The predicted molar refractivity (Wildman–Crippen MR) is 158 cm³/mol. The van der Waals surface area contributed by atoms with E-state index in [1.807, 2.05) is 61.5 Å². The van der Waals surface area contributed by atoms with Crippen molar-refractivity contribution in [1.29, 1.82) is 0 Å². The molecule has 210 valence electrons. The Kier molecular flexibility index (Phi) is 8.85. The summed E-state index contributed by atoms with van der Waals surface area (Å²) >= 11 is 0. The van der Waals surface area contributed by atoms with E-state index in [-0.39, 0.29) is 17.1 Å². The van der Waals surface area contributed by atoms with Crippen LogP contribution in [0.5, 0.6) is 5.75 Å². The molecule has 40 heavy (non-hydrogen) atoms. The van der Waals surface area contributed by atoms with E-state index in [2.05, 4.69) is 47.0 Å². The van der Waals surface area contributed by atoms with Gasteiger partial charge in [-0.05, 0) is 67.4 Å². The number of carbonyl (C=O) groups is 2. The molecule has 0 aromatic heterocycles. The third-order valence-electron chi connectivity index (χ3n) is 8.22. The highest BCUT2D eigenvalue weighted by Gasteiger charge is 2.39. The number of hydrogen-bond acceptors (Lipinski definition) is 5. The van der Waals surface area contributed by atoms with Crippen molar-refractivity contribution in [3.05, 3.63) is 101 Å². The average molecular weight is 540 g/mol. The number of nitrogens with zero attached hydrogens (tertiary/aromatic N) is 1.